The van der Waals surface area contributed by atoms with Crippen LogP contribution in [0.3, 0.4) is 0 Å². The van der Waals surface area contributed by atoms with Crippen LogP contribution in [0, 0.1) is 0 Å². The third-order valence-corrected chi connectivity index (χ3v) is 5.14. The molecule has 0 saturated heterocycles. The molecule has 1 unspecified atom stereocenters. The number of carbonyl (C=O) groups excluding carboxylic acids is 2. The second-order valence-corrected chi connectivity index (χ2v) is 7.63. The average Bonchev–Trinajstić information content (AvgIpc) is 2.66. The van der Waals surface area contributed by atoms with Crippen molar-refractivity contribution in [2.75, 3.05) is 11.9 Å². The summed E-state index contributed by atoms with van der Waals surface area (Å²) in [4.78, 5) is 43.5. The molecule has 1 amide bonds. The molecule has 28 heavy (non-hydrogen) atoms. The maximum atomic E-state index is 12.7. The molecule has 0 spiro atoms. The summed E-state index contributed by atoms with van der Waals surface area (Å²) in [5.74, 6) is -0.556. The first-order valence-corrected chi connectivity index (χ1v) is 10.1. The lowest BCUT2D eigenvalue weighted by molar-refractivity contribution is -0.115. The van der Waals surface area contributed by atoms with Gasteiger partial charge < -0.3 is 15.0 Å². The Kier molecular flexibility index (Phi) is 7.80. The molecule has 0 saturated carbocycles. The van der Waals surface area contributed by atoms with E-state index in [-0.39, 0.29) is 24.0 Å². The van der Waals surface area contributed by atoms with Crippen LogP contribution in [0.5, 0.6) is 0 Å². The van der Waals surface area contributed by atoms with Gasteiger partial charge in [0, 0.05) is 11.8 Å². The summed E-state index contributed by atoms with van der Waals surface area (Å²) in [5.41, 5.74) is 1.32. The molecule has 2 rings (SSSR count). The number of H-pyrrole nitrogens is 1. The van der Waals surface area contributed by atoms with Crippen molar-refractivity contribution < 1.29 is 14.3 Å². The maximum absolute atomic E-state index is 12.7. The minimum Gasteiger partial charge on any atom is -0.462 e. The molecule has 8 heteroatoms. The fourth-order valence-electron chi connectivity index (χ4n) is 2.42. The van der Waals surface area contributed by atoms with Crippen LogP contribution in [0.15, 0.2) is 40.3 Å². The van der Waals surface area contributed by atoms with Gasteiger partial charge in [-0.1, -0.05) is 38.6 Å². The number of aromatic nitrogens is 2. The third-order valence-electron chi connectivity index (χ3n) is 3.89. The summed E-state index contributed by atoms with van der Waals surface area (Å²) < 4.78 is 4.98. The van der Waals surface area contributed by atoms with Gasteiger partial charge in [0.05, 0.1) is 23.1 Å². The van der Waals surface area contributed by atoms with Crippen molar-refractivity contribution >= 4 is 29.3 Å². The Morgan fingerprint density at radius 3 is 2.64 bits per heavy atom. The van der Waals surface area contributed by atoms with Crippen molar-refractivity contribution in [3.8, 4) is 0 Å². The monoisotopic (exact) mass is 403 g/mol. The Morgan fingerprint density at radius 2 is 2.00 bits per heavy atom. The van der Waals surface area contributed by atoms with Gasteiger partial charge in [-0.2, -0.15) is 0 Å². The van der Waals surface area contributed by atoms with Crippen LogP contribution in [0.4, 0.5) is 5.69 Å². The van der Waals surface area contributed by atoms with E-state index in [1.165, 1.54) is 17.8 Å². The molecule has 1 aromatic heterocycles. The summed E-state index contributed by atoms with van der Waals surface area (Å²) >= 11 is 1.21. The molecule has 0 radical (unpaired) electrons. The SMILES string of the molecule is CCOC(=O)c1cccc(NC(=O)C(CC)Sc2nc(C(C)C)cc(=O)[nH]2)c1. The first-order chi connectivity index (χ1) is 13.3. The van der Waals surface area contributed by atoms with E-state index in [2.05, 4.69) is 15.3 Å². The van der Waals surface area contributed by atoms with Gasteiger partial charge in [-0.25, -0.2) is 9.78 Å². The highest BCUT2D eigenvalue weighted by atomic mass is 32.2. The zero-order valence-corrected chi connectivity index (χ0v) is 17.3. The Morgan fingerprint density at radius 1 is 1.25 bits per heavy atom. The quantitative estimate of drug-likeness (QED) is 0.397. The molecule has 0 aliphatic rings. The highest BCUT2D eigenvalue weighted by Gasteiger charge is 2.20. The van der Waals surface area contributed by atoms with E-state index < -0.39 is 11.2 Å². The minimum absolute atomic E-state index is 0.112. The van der Waals surface area contributed by atoms with Gasteiger partial charge in [-0.3, -0.25) is 9.59 Å². The highest BCUT2D eigenvalue weighted by Crippen LogP contribution is 2.24. The van der Waals surface area contributed by atoms with E-state index in [9.17, 15) is 14.4 Å². The first kappa shape index (κ1) is 21.7. The summed E-state index contributed by atoms with van der Waals surface area (Å²) in [6, 6.07) is 8.06. The Bertz CT molecular complexity index is 895. The molecule has 1 aromatic carbocycles. The number of amides is 1. The molecule has 7 nitrogen and oxygen atoms in total. The standard InChI is InChI=1S/C20H25N3O4S/c1-5-16(28-20-22-15(12(3)4)11-17(24)23-20)18(25)21-14-9-7-8-13(10-14)19(26)27-6-2/h7-12,16H,5-6H2,1-4H3,(H,21,25)(H,22,23,24). The van der Waals surface area contributed by atoms with Crippen LogP contribution in [0.2, 0.25) is 0 Å². The second kappa shape index (κ2) is 10.1. The number of benzene rings is 1. The molecular formula is C20H25N3O4S. The van der Waals surface area contributed by atoms with Gasteiger partial charge in [0.25, 0.3) is 5.56 Å². The fourth-order valence-corrected chi connectivity index (χ4v) is 3.34. The summed E-state index contributed by atoms with van der Waals surface area (Å²) in [7, 11) is 0. The van der Waals surface area contributed by atoms with E-state index in [0.717, 1.165) is 0 Å². The molecular weight excluding hydrogens is 378 g/mol. The molecule has 150 valence electrons. The number of aromatic amines is 1. The highest BCUT2D eigenvalue weighted by molar-refractivity contribution is 8.00. The molecule has 0 aliphatic heterocycles. The lowest BCUT2D eigenvalue weighted by Crippen LogP contribution is -2.25. The molecule has 2 N–H and O–H groups in total. The van der Waals surface area contributed by atoms with Crippen molar-refractivity contribution in [2.45, 2.75) is 50.4 Å². The van der Waals surface area contributed by atoms with E-state index in [4.69, 9.17) is 4.74 Å². The largest absolute Gasteiger partial charge is 0.462 e. The normalized spacial score (nSPS) is 11.9. The molecule has 0 bridgehead atoms. The van der Waals surface area contributed by atoms with E-state index in [0.29, 0.717) is 28.5 Å². The minimum atomic E-state index is -0.447. The van der Waals surface area contributed by atoms with E-state index in [1.54, 1.807) is 31.2 Å². The number of ether oxygens (including phenoxy) is 1. The maximum Gasteiger partial charge on any atom is 0.338 e. The topological polar surface area (TPSA) is 101 Å². The van der Waals surface area contributed by atoms with Crippen molar-refractivity contribution in [3.63, 3.8) is 0 Å². The van der Waals surface area contributed by atoms with Crippen molar-refractivity contribution in [1.29, 1.82) is 0 Å². The second-order valence-electron chi connectivity index (χ2n) is 6.44. The number of nitrogens with zero attached hydrogens (tertiary/aromatic N) is 1. The number of esters is 1. The lowest BCUT2D eigenvalue weighted by Gasteiger charge is -2.15. The summed E-state index contributed by atoms with van der Waals surface area (Å²) in [6.45, 7) is 7.81. The summed E-state index contributed by atoms with van der Waals surface area (Å²) in [5, 5.41) is 2.78. The van der Waals surface area contributed by atoms with Crippen LogP contribution in [0.1, 0.15) is 56.1 Å². The Hall–Kier alpha value is -2.61. The van der Waals surface area contributed by atoms with Gasteiger partial charge in [0.1, 0.15) is 0 Å². The van der Waals surface area contributed by atoms with Gasteiger partial charge in [0.2, 0.25) is 5.91 Å². The van der Waals surface area contributed by atoms with Crippen LogP contribution >= 0.6 is 11.8 Å². The van der Waals surface area contributed by atoms with E-state index in [1.807, 2.05) is 20.8 Å². The number of thioether (sulfide) groups is 1. The van der Waals surface area contributed by atoms with Gasteiger partial charge in [-0.15, -0.1) is 0 Å². The summed E-state index contributed by atoms with van der Waals surface area (Å²) in [6.07, 6.45) is 0.545. The first-order valence-electron chi connectivity index (χ1n) is 9.20. The number of rotatable bonds is 8. The number of hydrogen-bond donors (Lipinski definition) is 2. The van der Waals surface area contributed by atoms with Crippen molar-refractivity contribution in [1.82, 2.24) is 9.97 Å². The predicted octanol–water partition coefficient (Wildman–Crippen LogP) is 3.58. The third kappa shape index (κ3) is 5.95. The van der Waals surface area contributed by atoms with Crippen molar-refractivity contribution in [2.24, 2.45) is 0 Å². The molecule has 0 fully saturated rings. The molecule has 2 aromatic rings. The Balaban J connectivity index is 2.13. The van der Waals surface area contributed by atoms with Gasteiger partial charge >= 0.3 is 5.97 Å². The fraction of sp³-hybridized carbons (Fsp3) is 0.400. The molecule has 1 atom stereocenters. The molecule has 1 heterocycles. The van der Waals surface area contributed by atoms with Crippen LogP contribution in [-0.2, 0) is 9.53 Å². The van der Waals surface area contributed by atoms with E-state index >= 15 is 0 Å². The van der Waals surface area contributed by atoms with Gasteiger partial charge in [0.15, 0.2) is 5.16 Å². The molecule has 0 aliphatic carbocycles. The zero-order chi connectivity index (χ0) is 20.7. The van der Waals surface area contributed by atoms with Crippen LogP contribution < -0.4 is 10.9 Å². The van der Waals surface area contributed by atoms with Crippen molar-refractivity contribution in [3.05, 3.63) is 51.9 Å². The predicted molar refractivity (Wildman–Crippen MR) is 110 cm³/mol. The number of hydrogen-bond acceptors (Lipinski definition) is 6. The zero-order valence-electron chi connectivity index (χ0n) is 16.4. The van der Waals surface area contributed by atoms with Gasteiger partial charge in [-0.05, 0) is 37.5 Å². The lowest BCUT2D eigenvalue weighted by atomic mass is 10.1. The Labute approximate surface area is 168 Å². The average molecular weight is 404 g/mol. The smallest absolute Gasteiger partial charge is 0.338 e. The number of anilines is 1. The van der Waals surface area contributed by atoms with Crippen LogP contribution in [0.25, 0.3) is 0 Å². The number of nitrogens with one attached hydrogen (secondary N) is 2. The van der Waals surface area contributed by atoms with Crippen LogP contribution in [-0.4, -0.2) is 33.7 Å². The number of carbonyl (C=O) groups is 2.